The number of rotatable bonds is 3. The molecule has 4 nitrogen and oxygen atoms in total. The van der Waals surface area contributed by atoms with Crippen LogP contribution in [0.15, 0.2) is 28.3 Å². The Hall–Kier alpha value is -1.33. The van der Waals surface area contributed by atoms with Crippen molar-refractivity contribution in [3.8, 4) is 0 Å². The van der Waals surface area contributed by atoms with Gasteiger partial charge in [0.05, 0.1) is 0 Å². The summed E-state index contributed by atoms with van der Waals surface area (Å²) < 4.78 is 0. The number of hydrogen-bond donors (Lipinski definition) is 1. The van der Waals surface area contributed by atoms with E-state index in [1.54, 1.807) is 7.05 Å². The van der Waals surface area contributed by atoms with Crippen LogP contribution in [0, 0.1) is 13.8 Å². The summed E-state index contributed by atoms with van der Waals surface area (Å²) in [6.45, 7) is 4.17. The molecule has 0 spiro atoms. The molecule has 0 amide bonds. The smallest absolute Gasteiger partial charge is 0.228 e. The fourth-order valence-corrected chi connectivity index (χ4v) is 2.43. The fraction of sp³-hybridized carbons (Fsp3) is 0.250. The van der Waals surface area contributed by atoms with Crippen LogP contribution in [-0.2, 0) is 0 Å². The predicted molar refractivity (Wildman–Crippen MR) is 74.4 cm³/mol. The van der Waals surface area contributed by atoms with Crippen LogP contribution in [0.25, 0.3) is 0 Å². The Morgan fingerprint density at radius 2 is 1.89 bits per heavy atom. The molecule has 0 atom stereocenters. The van der Waals surface area contributed by atoms with Gasteiger partial charge in [-0.15, -0.1) is 0 Å². The zero-order chi connectivity index (χ0) is 13.1. The standard InChI is InChI=1S/C12H13ClN4S/c1-7-4-5-9(6-8(7)2)18-12-16-10(13)15-11(14-3)17-12/h4-6H,1-3H3,(H,14,15,16,17). The Bertz CT molecular complexity index is 574. The van der Waals surface area contributed by atoms with Gasteiger partial charge in [-0.2, -0.15) is 15.0 Å². The van der Waals surface area contributed by atoms with Crippen molar-refractivity contribution in [2.24, 2.45) is 0 Å². The van der Waals surface area contributed by atoms with Crippen LogP contribution in [0.4, 0.5) is 5.95 Å². The summed E-state index contributed by atoms with van der Waals surface area (Å²) in [4.78, 5) is 13.4. The van der Waals surface area contributed by atoms with E-state index in [0.29, 0.717) is 11.1 Å². The van der Waals surface area contributed by atoms with Crippen LogP contribution >= 0.6 is 23.4 Å². The lowest BCUT2D eigenvalue weighted by Gasteiger charge is -2.05. The molecule has 1 aromatic heterocycles. The molecular formula is C12H13ClN4S. The number of hydrogen-bond acceptors (Lipinski definition) is 5. The topological polar surface area (TPSA) is 50.7 Å². The minimum Gasteiger partial charge on any atom is -0.357 e. The van der Waals surface area contributed by atoms with E-state index in [2.05, 4.69) is 46.2 Å². The number of aryl methyl sites for hydroxylation is 2. The normalized spacial score (nSPS) is 10.4. The van der Waals surface area contributed by atoms with Gasteiger partial charge in [0.1, 0.15) is 0 Å². The quantitative estimate of drug-likeness (QED) is 0.934. The molecule has 0 aliphatic carbocycles. The van der Waals surface area contributed by atoms with E-state index < -0.39 is 0 Å². The minimum atomic E-state index is 0.195. The summed E-state index contributed by atoms with van der Waals surface area (Å²) in [7, 11) is 1.75. The molecule has 18 heavy (non-hydrogen) atoms. The molecule has 0 aliphatic rings. The van der Waals surface area contributed by atoms with Crippen molar-refractivity contribution in [1.82, 2.24) is 15.0 Å². The molecule has 6 heteroatoms. The Labute approximate surface area is 115 Å². The molecule has 2 aromatic rings. The van der Waals surface area contributed by atoms with Crippen molar-refractivity contribution in [1.29, 1.82) is 0 Å². The molecule has 0 fully saturated rings. The first kappa shape index (κ1) is 13.1. The first-order valence-electron chi connectivity index (χ1n) is 5.43. The highest BCUT2D eigenvalue weighted by atomic mass is 35.5. The molecule has 0 saturated carbocycles. The maximum atomic E-state index is 5.84. The van der Waals surface area contributed by atoms with Gasteiger partial charge in [-0.05, 0) is 60.5 Å². The second-order valence-corrected chi connectivity index (χ2v) is 5.19. The zero-order valence-corrected chi connectivity index (χ0v) is 11.9. The molecule has 1 N–H and O–H groups in total. The van der Waals surface area contributed by atoms with Gasteiger partial charge in [0.15, 0.2) is 5.16 Å². The number of nitrogens with zero attached hydrogens (tertiary/aromatic N) is 3. The van der Waals surface area contributed by atoms with Crippen LogP contribution in [0.5, 0.6) is 0 Å². The summed E-state index contributed by atoms with van der Waals surface area (Å²) in [5.41, 5.74) is 2.51. The van der Waals surface area contributed by atoms with Crippen LogP contribution in [0.3, 0.4) is 0 Å². The van der Waals surface area contributed by atoms with E-state index >= 15 is 0 Å². The van der Waals surface area contributed by atoms with Gasteiger partial charge in [0.2, 0.25) is 11.2 Å². The summed E-state index contributed by atoms with van der Waals surface area (Å²) in [6, 6.07) is 6.24. The highest BCUT2D eigenvalue weighted by molar-refractivity contribution is 7.99. The van der Waals surface area contributed by atoms with E-state index in [4.69, 9.17) is 11.6 Å². The summed E-state index contributed by atoms with van der Waals surface area (Å²) in [5, 5.41) is 3.64. The van der Waals surface area contributed by atoms with Crippen molar-refractivity contribution in [3.05, 3.63) is 34.6 Å². The van der Waals surface area contributed by atoms with Crippen molar-refractivity contribution in [2.75, 3.05) is 12.4 Å². The SMILES string of the molecule is CNc1nc(Cl)nc(Sc2ccc(C)c(C)c2)n1. The molecule has 94 valence electrons. The lowest BCUT2D eigenvalue weighted by molar-refractivity contribution is 0.908. The van der Waals surface area contributed by atoms with Crippen molar-refractivity contribution in [2.45, 2.75) is 23.9 Å². The highest BCUT2D eigenvalue weighted by Gasteiger charge is 2.06. The van der Waals surface area contributed by atoms with Gasteiger partial charge >= 0.3 is 0 Å². The molecule has 0 saturated heterocycles. The van der Waals surface area contributed by atoms with E-state index in [-0.39, 0.29) is 5.28 Å². The Kier molecular flexibility index (Phi) is 4.04. The fourth-order valence-electron chi connectivity index (χ4n) is 1.37. The van der Waals surface area contributed by atoms with Crippen LogP contribution < -0.4 is 5.32 Å². The van der Waals surface area contributed by atoms with E-state index in [1.165, 1.54) is 22.9 Å². The summed E-state index contributed by atoms with van der Waals surface area (Å²) in [6.07, 6.45) is 0. The monoisotopic (exact) mass is 280 g/mol. The molecule has 0 unspecified atom stereocenters. The molecule has 2 rings (SSSR count). The van der Waals surface area contributed by atoms with Gasteiger partial charge < -0.3 is 5.32 Å². The highest BCUT2D eigenvalue weighted by Crippen LogP contribution is 2.27. The molecule has 0 bridgehead atoms. The maximum Gasteiger partial charge on any atom is 0.228 e. The summed E-state index contributed by atoms with van der Waals surface area (Å²) in [5.74, 6) is 0.473. The Morgan fingerprint density at radius 1 is 1.11 bits per heavy atom. The van der Waals surface area contributed by atoms with E-state index in [9.17, 15) is 0 Å². The molecule has 1 heterocycles. The van der Waals surface area contributed by atoms with Crippen LogP contribution in [-0.4, -0.2) is 22.0 Å². The van der Waals surface area contributed by atoms with Gasteiger partial charge in [0, 0.05) is 11.9 Å². The number of nitrogens with one attached hydrogen (secondary N) is 1. The minimum absolute atomic E-state index is 0.195. The average molecular weight is 281 g/mol. The number of benzene rings is 1. The second kappa shape index (κ2) is 5.54. The lowest BCUT2D eigenvalue weighted by Crippen LogP contribution is -1.99. The van der Waals surface area contributed by atoms with Gasteiger partial charge in [0.25, 0.3) is 0 Å². The number of anilines is 1. The third-order valence-corrected chi connectivity index (χ3v) is 3.52. The zero-order valence-electron chi connectivity index (χ0n) is 10.4. The van der Waals surface area contributed by atoms with E-state index in [1.807, 2.05) is 6.07 Å². The van der Waals surface area contributed by atoms with Crippen LogP contribution in [0.2, 0.25) is 5.28 Å². The third-order valence-electron chi connectivity index (χ3n) is 2.50. The Balaban J connectivity index is 2.27. The van der Waals surface area contributed by atoms with Crippen molar-refractivity contribution in [3.63, 3.8) is 0 Å². The number of aromatic nitrogens is 3. The van der Waals surface area contributed by atoms with Gasteiger partial charge in [-0.3, -0.25) is 0 Å². The van der Waals surface area contributed by atoms with E-state index in [0.717, 1.165) is 4.90 Å². The maximum absolute atomic E-state index is 5.84. The van der Waals surface area contributed by atoms with Gasteiger partial charge in [-0.25, -0.2) is 0 Å². The second-order valence-electron chi connectivity index (χ2n) is 3.81. The first-order valence-corrected chi connectivity index (χ1v) is 6.62. The number of halogens is 1. The Morgan fingerprint density at radius 3 is 2.56 bits per heavy atom. The molecule has 0 aliphatic heterocycles. The first-order chi connectivity index (χ1) is 8.58. The average Bonchev–Trinajstić information content (AvgIpc) is 2.33. The molecule has 0 radical (unpaired) electrons. The molecule has 1 aromatic carbocycles. The van der Waals surface area contributed by atoms with Crippen molar-refractivity contribution >= 4 is 29.3 Å². The third kappa shape index (κ3) is 3.11. The largest absolute Gasteiger partial charge is 0.357 e. The van der Waals surface area contributed by atoms with Crippen LogP contribution in [0.1, 0.15) is 11.1 Å². The lowest BCUT2D eigenvalue weighted by atomic mass is 10.1. The summed E-state index contributed by atoms with van der Waals surface area (Å²) >= 11 is 7.30. The van der Waals surface area contributed by atoms with Crippen molar-refractivity contribution < 1.29 is 0 Å². The van der Waals surface area contributed by atoms with Gasteiger partial charge in [-0.1, -0.05) is 6.07 Å². The molecular weight excluding hydrogens is 268 g/mol. The predicted octanol–water partition coefficient (Wildman–Crippen LogP) is 3.33.